The smallest absolute Gasteiger partial charge is 0.306 e. The van der Waals surface area contributed by atoms with Crippen LogP contribution in [-0.4, -0.2) is 49.5 Å². The van der Waals surface area contributed by atoms with Crippen molar-refractivity contribution in [3.63, 3.8) is 0 Å². The molecule has 6 nitrogen and oxygen atoms in total. The molecular formula is C16H27NO5. The number of carbonyl (C=O) groups is 2. The predicted molar refractivity (Wildman–Crippen MR) is 80.5 cm³/mol. The van der Waals surface area contributed by atoms with Crippen molar-refractivity contribution in [2.24, 2.45) is 11.8 Å². The van der Waals surface area contributed by atoms with E-state index in [2.05, 4.69) is 5.32 Å². The molecule has 126 valence electrons. The Morgan fingerprint density at radius 2 is 1.86 bits per heavy atom. The first-order valence-corrected chi connectivity index (χ1v) is 8.36. The maximum Gasteiger partial charge on any atom is 0.306 e. The molecule has 6 heteroatoms. The average molecular weight is 313 g/mol. The van der Waals surface area contributed by atoms with Crippen molar-refractivity contribution in [2.75, 3.05) is 26.4 Å². The predicted octanol–water partition coefficient (Wildman–Crippen LogP) is 1.58. The molecule has 1 atom stereocenters. The summed E-state index contributed by atoms with van der Waals surface area (Å²) in [5.41, 5.74) is 0. The highest BCUT2D eigenvalue weighted by atomic mass is 16.5. The van der Waals surface area contributed by atoms with Gasteiger partial charge in [-0.3, -0.25) is 9.59 Å². The van der Waals surface area contributed by atoms with Crippen molar-refractivity contribution in [3.05, 3.63) is 0 Å². The monoisotopic (exact) mass is 313 g/mol. The summed E-state index contributed by atoms with van der Waals surface area (Å²) in [6.45, 7) is 2.73. The van der Waals surface area contributed by atoms with Crippen LogP contribution in [0.2, 0.25) is 0 Å². The van der Waals surface area contributed by atoms with E-state index in [1.165, 1.54) is 0 Å². The molecule has 1 aliphatic heterocycles. The van der Waals surface area contributed by atoms with Gasteiger partial charge >= 0.3 is 5.97 Å². The van der Waals surface area contributed by atoms with Crippen LogP contribution in [0.4, 0.5) is 0 Å². The number of amides is 1. The van der Waals surface area contributed by atoms with Crippen LogP contribution in [-0.2, 0) is 19.1 Å². The second kappa shape index (κ2) is 9.10. The summed E-state index contributed by atoms with van der Waals surface area (Å²) in [6, 6.07) is 0. The van der Waals surface area contributed by atoms with Crippen LogP contribution >= 0.6 is 0 Å². The van der Waals surface area contributed by atoms with Gasteiger partial charge in [0.25, 0.3) is 0 Å². The molecule has 2 fully saturated rings. The van der Waals surface area contributed by atoms with E-state index in [9.17, 15) is 9.59 Å². The molecule has 2 rings (SSSR count). The topological polar surface area (TPSA) is 84.9 Å². The maximum atomic E-state index is 12.0. The Bertz CT molecular complexity index is 360. The molecule has 0 aromatic carbocycles. The highest BCUT2D eigenvalue weighted by molar-refractivity contribution is 5.79. The van der Waals surface area contributed by atoms with Crippen LogP contribution < -0.4 is 5.32 Å². The minimum atomic E-state index is -0.734. The highest BCUT2D eigenvalue weighted by Gasteiger charge is 2.29. The molecule has 0 radical (unpaired) electrons. The molecule has 1 unspecified atom stereocenters. The zero-order chi connectivity index (χ0) is 15.8. The second-order valence-corrected chi connectivity index (χ2v) is 6.24. The summed E-state index contributed by atoms with van der Waals surface area (Å²) < 4.78 is 11.0. The van der Waals surface area contributed by atoms with Crippen LogP contribution in [0.1, 0.15) is 44.9 Å². The van der Waals surface area contributed by atoms with E-state index in [0.717, 1.165) is 25.9 Å². The molecule has 0 aromatic heterocycles. The summed E-state index contributed by atoms with van der Waals surface area (Å²) in [5, 5.41) is 11.9. The van der Waals surface area contributed by atoms with Crippen molar-refractivity contribution < 1.29 is 24.2 Å². The Morgan fingerprint density at radius 3 is 2.50 bits per heavy atom. The molecule has 1 heterocycles. The number of carboxylic acids is 1. The van der Waals surface area contributed by atoms with E-state index in [4.69, 9.17) is 14.6 Å². The Balaban J connectivity index is 1.48. The lowest BCUT2D eigenvalue weighted by atomic mass is 9.81. The number of hydrogen-bond acceptors (Lipinski definition) is 4. The molecular weight excluding hydrogens is 286 g/mol. The number of ether oxygens (including phenoxy) is 2. The molecule has 2 N–H and O–H groups in total. The fourth-order valence-corrected chi connectivity index (χ4v) is 3.12. The summed E-state index contributed by atoms with van der Waals surface area (Å²) >= 11 is 0. The highest BCUT2D eigenvalue weighted by Crippen LogP contribution is 2.28. The van der Waals surface area contributed by atoms with E-state index in [1.54, 1.807) is 0 Å². The van der Waals surface area contributed by atoms with Gasteiger partial charge in [0, 0.05) is 25.7 Å². The Hall–Kier alpha value is -1.14. The molecule has 2 aliphatic rings. The van der Waals surface area contributed by atoms with Crippen molar-refractivity contribution in [1.29, 1.82) is 0 Å². The Kier molecular flexibility index (Phi) is 7.12. The minimum Gasteiger partial charge on any atom is -0.481 e. The number of rotatable bonds is 8. The number of aliphatic carboxylic acids is 1. The lowest BCUT2D eigenvalue weighted by Gasteiger charge is -2.25. The van der Waals surface area contributed by atoms with Gasteiger partial charge < -0.3 is 19.9 Å². The Morgan fingerprint density at radius 1 is 1.14 bits per heavy atom. The van der Waals surface area contributed by atoms with Crippen molar-refractivity contribution in [1.82, 2.24) is 5.32 Å². The van der Waals surface area contributed by atoms with Crippen LogP contribution in [0.3, 0.4) is 0 Å². The van der Waals surface area contributed by atoms with E-state index in [-0.39, 0.29) is 23.8 Å². The van der Waals surface area contributed by atoms with Gasteiger partial charge in [0.05, 0.1) is 18.6 Å². The molecule has 1 aliphatic carbocycles. The van der Waals surface area contributed by atoms with Crippen molar-refractivity contribution in [2.45, 2.75) is 51.0 Å². The molecule has 22 heavy (non-hydrogen) atoms. The number of carboxylic acid groups (broad SMARTS) is 1. The number of nitrogens with one attached hydrogen (secondary N) is 1. The quantitative estimate of drug-likeness (QED) is 0.665. The fourth-order valence-electron chi connectivity index (χ4n) is 3.12. The standard InChI is InChI=1S/C16H27NO5/c18-15(12-4-6-13(7-5-12)16(19)20)17-8-2-9-21-11-14-3-1-10-22-14/h12-14H,1-11H2,(H,17,18)(H,19,20). The third-order valence-corrected chi connectivity index (χ3v) is 4.54. The van der Waals surface area contributed by atoms with Gasteiger partial charge in [-0.15, -0.1) is 0 Å². The molecule has 1 saturated carbocycles. The lowest BCUT2D eigenvalue weighted by Crippen LogP contribution is -2.35. The van der Waals surface area contributed by atoms with E-state index in [1.807, 2.05) is 0 Å². The van der Waals surface area contributed by atoms with Gasteiger partial charge in [0.15, 0.2) is 0 Å². The number of hydrogen-bond donors (Lipinski definition) is 2. The summed E-state index contributed by atoms with van der Waals surface area (Å²) in [4.78, 5) is 22.9. The molecule has 0 spiro atoms. The average Bonchev–Trinajstić information content (AvgIpc) is 3.04. The third-order valence-electron chi connectivity index (χ3n) is 4.54. The zero-order valence-corrected chi connectivity index (χ0v) is 13.1. The normalized spacial score (nSPS) is 28.5. The van der Waals surface area contributed by atoms with Crippen LogP contribution in [0, 0.1) is 11.8 Å². The summed E-state index contributed by atoms with van der Waals surface area (Å²) in [5.74, 6) is -0.969. The van der Waals surface area contributed by atoms with E-state index < -0.39 is 5.97 Å². The zero-order valence-electron chi connectivity index (χ0n) is 13.1. The first-order chi connectivity index (χ1) is 10.7. The Labute approximate surface area is 131 Å². The molecule has 1 saturated heterocycles. The van der Waals surface area contributed by atoms with Crippen LogP contribution in [0.15, 0.2) is 0 Å². The van der Waals surface area contributed by atoms with E-state index in [0.29, 0.717) is 45.4 Å². The van der Waals surface area contributed by atoms with E-state index >= 15 is 0 Å². The van der Waals surface area contributed by atoms with Crippen molar-refractivity contribution >= 4 is 11.9 Å². The van der Waals surface area contributed by atoms with Gasteiger partial charge in [0.1, 0.15) is 0 Å². The van der Waals surface area contributed by atoms with Gasteiger partial charge in [-0.1, -0.05) is 0 Å². The first-order valence-electron chi connectivity index (χ1n) is 8.36. The lowest BCUT2D eigenvalue weighted by molar-refractivity contribution is -0.144. The van der Waals surface area contributed by atoms with Crippen LogP contribution in [0.5, 0.6) is 0 Å². The van der Waals surface area contributed by atoms with Gasteiger partial charge in [-0.05, 0) is 44.9 Å². The first kappa shape index (κ1) is 17.2. The summed E-state index contributed by atoms with van der Waals surface area (Å²) in [7, 11) is 0. The maximum absolute atomic E-state index is 12.0. The third kappa shape index (κ3) is 5.57. The summed E-state index contributed by atoms with van der Waals surface area (Å²) in [6.07, 6.45) is 5.82. The van der Waals surface area contributed by atoms with Gasteiger partial charge in [-0.25, -0.2) is 0 Å². The van der Waals surface area contributed by atoms with Crippen molar-refractivity contribution in [3.8, 4) is 0 Å². The molecule has 0 aromatic rings. The minimum absolute atomic E-state index is 0.0246. The largest absolute Gasteiger partial charge is 0.481 e. The van der Waals surface area contributed by atoms with Crippen LogP contribution in [0.25, 0.3) is 0 Å². The number of carbonyl (C=O) groups excluding carboxylic acids is 1. The molecule has 1 amide bonds. The SMILES string of the molecule is O=C(O)C1CCC(C(=O)NCCCOCC2CCCO2)CC1. The fraction of sp³-hybridized carbons (Fsp3) is 0.875. The second-order valence-electron chi connectivity index (χ2n) is 6.24. The van der Waals surface area contributed by atoms with Gasteiger partial charge in [0.2, 0.25) is 5.91 Å². The molecule has 0 bridgehead atoms. The van der Waals surface area contributed by atoms with Gasteiger partial charge in [-0.2, -0.15) is 0 Å².